The molecule has 7 heteroatoms. The van der Waals surface area contributed by atoms with Crippen LogP contribution in [0.5, 0.6) is 0 Å². The van der Waals surface area contributed by atoms with Gasteiger partial charge in [-0.25, -0.2) is 0 Å². The van der Waals surface area contributed by atoms with Crippen molar-refractivity contribution in [2.24, 2.45) is 12.5 Å². The number of hydrogen-bond donors (Lipinski definition) is 1. The Hall–Kier alpha value is -1.89. The van der Waals surface area contributed by atoms with Gasteiger partial charge in [-0.05, 0) is 6.42 Å². The summed E-state index contributed by atoms with van der Waals surface area (Å²) in [6.45, 7) is 1.32. The predicted molar refractivity (Wildman–Crippen MR) is 70.9 cm³/mol. The lowest BCUT2D eigenvalue weighted by Crippen LogP contribution is -2.35. The number of aliphatic hydroxyl groups is 1. The molecule has 108 valence electrons. The standard InChI is InChI=1S/C13H18N4O3/c1-15-6-10(5-14-15)17-9-13(4-11(17)19)2-3-16(8-13)12(20)7-18/h5-6,18H,2-4,7-9H2,1H3. The number of aliphatic hydroxyl groups excluding tert-OH is 1. The zero-order valence-corrected chi connectivity index (χ0v) is 11.4. The summed E-state index contributed by atoms with van der Waals surface area (Å²) >= 11 is 0. The molecule has 1 atom stereocenters. The number of hydrogen-bond acceptors (Lipinski definition) is 4. The summed E-state index contributed by atoms with van der Waals surface area (Å²) in [5, 5.41) is 13.0. The van der Waals surface area contributed by atoms with Crippen molar-refractivity contribution in [3.63, 3.8) is 0 Å². The van der Waals surface area contributed by atoms with Crippen LogP contribution in [0.1, 0.15) is 12.8 Å². The highest BCUT2D eigenvalue weighted by atomic mass is 16.3. The molecule has 3 heterocycles. The first-order valence-corrected chi connectivity index (χ1v) is 6.71. The highest BCUT2D eigenvalue weighted by molar-refractivity contribution is 5.96. The van der Waals surface area contributed by atoms with Crippen molar-refractivity contribution in [1.82, 2.24) is 14.7 Å². The molecule has 20 heavy (non-hydrogen) atoms. The molecule has 0 aliphatic carbocycles. The third kappa shape index (κ3) is 2.07. The lowest BCUT2D eigenvalue weighted by molar-refractivity contribution is -0.133. The fourth-order valence-corrected chi connectivity index (χ4v) is 3.20. The maximum atomic E-state index is 12.2. The van der Waals surface area contributed by atoms with Crippen molar-refractivity contribution in [2.75, 3.05) is 31.1 Å². The Morgan fingerprint density at radius 1 is 1.50 bits per heavy atom. The molecule has 0 bridgehead atoms. The normalized spacial score (nSPS) is 26.0. The van der Waals surface area contributed by atoms with Crippen LogP contribution >= 0.6 is 0 Å². The monoisotopic (exact) mass is 278 g/mol. The summed E-state index contributed by atoms with van der Waals surface area (Å²) in [6.07, 6.45) is 4.77. The molecule has 0 saturated carbocycles. The van der Waals surface area contributed by atoms with Gasteiger partial charge in [0.15, 0.2) is 0 Å². The molecule has 3 rings (SSSR count). The van der Waals surface area contributed by atoms with E-state index >= 15 is 0 Å². The van der Waals surface area contributed by atoms with E-state index in [1.807, 2.05) is 13.2 Å². The third-order valence-corrected chi connectivity index (χ3v) is 4.25. The summed E-state index contributed by atoms with van der Waals surface area (Å²) in [7, 11) is 1.82. The van der Waals surface area contributed by atoms with Gasteiger partial charge in [0, 0.05) is 44.7 Å². The van der Waals surface area contributed by atoms with Crippen LogP contribution in [0.15, 0.2) is 12.4 Å². The molecule has 1 aromatic heterocycles. The number of carbonyl (C=O) groups excluding carboxylic acids is 2. The summed E-state index contributed by atoms with van der Waals surface area (Å²) < 4.78 is 1.67. The van der Waals surface area contributed by atoms with Crippen molar-refractivity contribution in [2.45, 2.75) is 12.8 Å². The maximum absolute atomic E-state index is 12.2. The summed E-state index contributed by atoms with van der Waals surface area (Å²) in [5.41, 5.74) is 0.638. The minimum absolute atomic E-state index is 0.0799. The molecule has 0 radical (unpaired) electrons. The average molecular weight is 278 g/mol. The van der Waals surface area contributed by atoms with E-state index in [-0.39, 0.29) is 17.2 Å². The Labute approximate surface area is 116 Å². The first-order valence-electron chi connectivity index (χ1n) is 6.71. The fourth-order valence-electron chi connectivity index (χ4n) is 3.20. The van der Waals surface area contributed by atoms with Gasteiger partial charge in [0.25, 0.3) is 0 Å². The molecule has 2 saturated heterocycles. The van der Waals surface area contributed by atoms with Crippen LogP contribution in [0.4, 0.5) is 5.69 Å². The van der Waals surface area contributed by atoms with Crippen molar-refractivity contribution in [3.8, 4) is 0 Å². The second kappa shape index (κ2) is 4.59. The van der Waals surface area contributed by atoms with Gasteiger partial charge < -0.3 is 14.9 Å². The van der Waals surface area contributed by atoms with Gasteiger partial charge in [-0.15, -0.1) is 0 Å². The van der Waals surface area contributed by atoms with Gasteiger partial charge in [-0.1, -0.05) is 0 Å². The number of amides is 2. The summed E-state index contributed by atoms with van der Waals surface area (Å²) in [6, 6.07) is 0. The summed E-state index contributed by atoms with van der Waals surface area (Å²) in [4.78, 5) is 27.2. The van der Waals surface area contributed by atoms with Crippen molar-refractivity contribution < 1.29 is 14.7 Å². The molecule has 2 amide bonds. The van der Waals surface area contributed by atoms with Crippen LogP contribution in [-0.2, 0) is 16.6 Å². The van der Waals surface area contributed by atoms with E-state index in [0.29, 0.717) is 26.1 Å². The van der Waals surface area contributed by atoms with Gasteiger partial charge >= 0.3 is 0 Å². The SMILES string of the molecule is Cn1cc(N2CC3(CCN(C(=O)CO)C3)CC2=O)cn1. The van der Waals surface area contributed by atoms with E-state index in [4.69, 9.17) is 5.11 Å². The van der Waals surface area contributed by atoms with Crippen LogP contribution in [-0.4, -0.2) is 57.8 Å². The van der Waals surface area contributed by atoms with E-state index in [1.165, 1.54) is 0 Å². The molecule has 1 N–H and O–H groups in total. The number of aryl methyl sites for hydroxylation is 1. The molecular formula is C13H18N4O3. The lowest BCUT2D eigenvalue weighted by Gasteiger charge is -2.23. The van der Waals surface area contributed by atoms with E-state index in [0.717, 1.165) is 12.1 Å². The topological polar surface area (TPSA) is 78.7 Å². The third-order valence-electron chi connectivity index (χ3n) is 4.25. The van der Waals surface area contributed by atoms with Crippen LogP contribution in [0.2, 0.25) is 0 Å². The number of aromatic nitrogens is 2. The lowest BCUT2D eigenvalue weighted by atomic mass is 9.86. The number of likely N-dealkylation sites (tertiary alicyclic amines) is 1. The quantitative estimate of drug-likeness (QED) is 0.781. The van der Waals surface area contributed by atoms with Crippen molar-refractivity contribution in [3.05, 3.63) is 12.4 Å². The molecule has 1 aromatic rings. The highest BCUT2D eigenvalue weighted by Gasteiger charge is 2.48. The molecule has 2 aliphatic heterocycles. The van der Waals surface area contributed by atoms with Crippen molar-refractivity contribution >= 4 is 17.5 Å². The Kier molecular flexibility index (Phi) is 3.01. The maximum Gasteiger partial charge on any atom is 0.248 e. The number of anilines is 1. The Bertz CT molecular complexity index is 556. The second-order valence-corrected chi connectivity index (χ2v) is 5.75. The first-order chi connectivity index (χ1) is 9.53. The van der Waals surface area contributed by atoms with E-state index in [9.17, 15) is 9.59 Å². The highest BCUT2D eigenvalue weighted by Crippen LogP contribution is 2.41. The van der Waals surface area contributed by atoms with Gasteiger partial charge in [0.05, 0.1) is 11.9 Å². The molecule has 1 spiro atoms. The van der Waals surface area contributed by atoms with E-state index < -0.39 is 6.61 Å². The van der Waals surface area contributed by atoms with Gasteiger partial charge in [-0.2, -0.15) is 5.10 Å². The van der Waals surface area contributed by atoms with Crippen LogP contribution in [0.25, 0.3) is 0 Å². The minimum Gasteiger partial charge on any atom is -0.387 e. The second-order valence-electron chi connectivity index (χ2n) is 5.75. The smallest absolute Gasteiger partial charge is 0.248 e. The Balaban J connectivity index is 1.75. The summed E-state index contributed by atoms with van der Waals surface area (Å²) in [5.74, 6) is -0.176. The average Bonchev–Trinajstić information content (AvgIpc) is 3.10. The van der Waals surface area contributed by atoms with Crippen LogP contribution in [0.3, 0.4) is 0 Å². The number of nitrogens with zero attached hydrogens (tertiary/aromatic N) is 4. The van der Waals surface area contributed by atoms with Crippen LogP contribution in [0, 0.1) is 5.41 Å². The minimum atomic E-state index is -0.462. The zero-order chi connectivity index (χ0) is 14.3. The van der Waals surface area contributed by atoms with Gasteiger partial charge in [0.2, 0.25) is 11.8 Å². The predicted octanol–water partition coefficient (Wildman–Crippen LogP) is -0.632. The fraction of sp³-hybridized carbons (Fsp3) is 0.615. The van der Waals surface area contributed by atoms with E-state index in [1.54, 1.807) is 20.7 Å². The first kappa shape index (κ1) is 13.1. The molecular weight excluding hydrogens is 260 g/mol. The number of carbonyl (C=O) groups is 2. The van der Waals surface area contributed by atoms with Crippen LogP contribution < -0.4 is 4.90 Å². The molecule has 1 unspecified atom stereocenters. The van der Waals surface area contributed by atoms with E-state index in [2.05, 4.69) is 5.10 Å². The molecule has 0 aromatic carbocycles. The molecule has 7 nitrogen and oxygen atoms in total. The molecule has 2 fully saturated rings. The largest absolute Gasteiger partial charge is 0.387 e. The Morgan fingerprint density at radius 2 is 2.30 bits per heavy atom. The molecule has 2 aliphatic rings. The zero-order valence-electron chi connectivity index (χ0n) is 11.4. The van der Waals surface area contributed by atoms with Gasteiger partial charge in [0.1, 0.15) is 6.61 Å². The van der Waals surface area contributed by atoms with Gasteiger partial charge in [-0.3, -0.25) is 14.3 Å². The number of rotatable bonds is 2. The van der Waals surface area contributed by atoms with Crippen molar-refractivity contribution in [1.29, 1.82) is 0 Å². The Morgan fingerprint density at radius 3 is 2.95 bits per heavy atom.